The van der Waals surface area contributed by atoms with Gasteiger partial charge in [-0.15, -0.1) is 0 Å². The van der Waals surface area contributed by atoms with E-state index < -0.39 is 0 Å². The van der Waals surface area contributed by atoms with Crippen molar-refractivity contribution in [2.45, 2.75) is 19.4 Å². The maximum Gasteiger partial charge on any atom is 0.119 e. The SMILES string of the molecule is Cc1cccc(OCCN2CCC=CC2CN)c1. The van der Waals surface area contributed by atoms with Crippen molar-refractivity contribution < 1.29 is 4.74 Å². The summed E-state index contributed by atoms with van der Waals surface area (Å²) in [5.74, 6) is 0.951. The van der Waals surface area contributed by atoms with Gasteiger partial charge in [-0.25, -0.2) is 0 Å². The second-order valence-corrected chi connectivity index (χ2v) is 4.72. The average Bonchev–Trinajstić information content (AvgIpc) is 2.39. The number of nitrogens with zero attached hydrogens (tertiary/aromatic N) is 1. The molecule has 1 heterocycles. The highest BCUT2D eigenvalue weighted by Gasteiger charge is 2.16. The molecule has 0 aromatic heterocycles. The van der Waals surface area contributed by atoms with E-state index >= 15 is 0 Å². The lowest BCUT2D eigenvalue weighted by Gasteiger charge is -2.31. The maximum absolute atomic E-state index is 5.78. The first kappa shape index (κ1) is 13.1. The Kier molecular flexibility index (Phi) is 4.79. The van der Waals surface area contributed by atoms with Crippen molar-refractivity contribution in [2.24, 2.45) is 5.73 Å². The van der Waals surface area contributed by atoms with E-state index in [0.717, 1.165) is 25.3 Å². The molecule has 0 saturated carbocycles. The quantitative estimate of drug-likeness (QED) is 0.807. The minimum Gasteiger partial charge on any atom is -0.492 e. The number of benzene rings is 1. The molecule has 0 spiro atoms. The van der Waals surface area contributed by atoms with Crippen molar-refractivity contribution in [1.29, 1.82) is 0 Å². The van der Waals surface area contributed by atoms with Crippen molar-refractivity contribution in [3.63, 3.8) is 0 Å². The molecule has 3 nitrogen and oxygen atoms in total. The van der Waals surface area contributed by atoms with Crippen LogP contribution in [0.2, 0.25) is 0 Å². The van der Waals surface area contributed by atoms with Crippen molar-refractivity contribution in [3.05, 3.63) is 42.0 Å². The molecule has 1 atom stereocenters. The molecule has 2 N–H and O–H groups in total. The lowest BCUT2D eigenvalue weighted by atomic mass is 10.1. The van der Waals surface area contributed by atoms with Gasteiger partial charge in [0.05, 0.1) is 0 Å². The van der Waals surface area contributed by atoms with Gasteiger partial charge in [0.15, 0.2) is 0 Å². The third kappa shape index (κ3) is 3.59. The molecule has 0 amide bonds. The smallest absolute Gasteiger partial charge is 0.119 e. The number of hydrogen-bond acceptors (Lipinski definition) is 3. The first-order chi connectivity index (χ1) is 8.79. The summed E-state index contributed by atoms with van der Waals surface area (Å²) >= 11 is 0. The fraction of sp³-hybridized carbons (Fsp3) is 0.467. The Morgan fingerprint density at radius 3 is 3.11 bits per heavy atom. The molecular weight excluding hydrogens is 224 g/mol. The first-order valence-corrected chi connectivity index (χ1v) is 6.60. The second kappa shape index (κ2) is 6.57. The molecule has 0 aliphatic carbocycles. The third-order valence-electron chi connectivity index (χ3n) is 3.29. The van der Waals surface area contributed by atoms with E-state index in [1.807, 2.05) is 12.1 Å². The maximum atomic E-state index is 5.78. The summed E-state index contributed by atoms with van der Waals surface area (Å²) in [6.45, 7) is 5.48. The number of hydrogen-bond donors (Lipinski definition) is 1. The molecule has 0 radical (unpaired) electrons. The van der Waals surface area contributed by atoms with E-state index in [2.05, 4.69) is 36.1 Å². The summed E-state index contributed by atoms with van der Waals surface area (Å²) in [6, 6.07) is 8.55. The summed E-state index contributed by atoms with van der Waals surface area (Å²) in [4.78, 5) is 2.38. The second-order valence-electron chi connectivity index (χ2n) is 4.72. The zero-order valence-corrected chi connectivity index (χ0v) is 11.0. The lowest BCUT2D eigenvalue weighted by molar-refractivity contribution is 0.180. The fourth-order valence-electron chi connectivity index (χ4n) is 2.27. The minimum absolute atomic E-state index is 0.375. The average molecular weight is 246 g/mol. The van der Waals surface area contributed by atoms with Crippen LogP contribution in [0.15, 0.2) is 36.4 Å². The highest BCUT2D eigenvalue weighted by molar-refractivity contribution is 5.27. The Morgan fingerprint density at radius 1 is 1.44 bits per heavy atom. The Bertz CT molecular complexity index is 403. The van der Waals surface area contributed by atoms with Crippen molar-refractivity contribution in [3.8, 4) is 5.75 Å². The standard InChI is InChI=1S/C15H22N2O/c1-13-5-4-7-15(11-13)18-10-9-17-8-3-2-6-14(17)12-16/h2,4-7,11,14H,3,8-10,12,16H2,1H3. The van der Waals surface area contributed by atoms with E-state index in [1.165, 1.54) is 5.56 Å². The molecule has 0 bridgehead atoms. The highest BCUT2D eigenvalue weighted by Crippen LogP contribution is 2.13. The largest absolute Gasteiger partial charge is 0.492 e. The monoisotopic (exact) mass is 246 g/mol. The Labute approximate surface area is 109 Å². The number of rotatable bonds is 5. The molecule has 1 unspecified atom stereocenters. The number of ether oxygens (including phenoxy) is 1. The zero-order chi connectivity index (χ0) is 12.8. The van der Waals surface area contributed by atoms with E-state index in [9.17, 15) is 0 Å². The molecule has 0 fully saturated rings. The van der Waals surface area contributed by atoms with Crippen LogP contribution in [0, 0.1) is 6.92 Å². The molecule has 0 saturated heterocycles. The summed E-state index contributed by atoms with van der Waals surface area (Å²) in [7, 11) is 0. The first-order valence-electron chi connectivity index (χ1n) is 6.60. The van der Waals surface area contributed by atoms with Crippen LogP contribution < -0.4 is 10.5 Å². The van der Waals surface area contributed by atoms with E-state index in [4.69, 9.17) is 10.5 Å². The zero-order valence-electron chi connectivity index (χ0n) is 11.0. The molecule has 1 aliphatic rings. The van der Waals surface area contributed by atoms with Gasteiger partial charge >= 0.3 is 0 Å². The molecule has 1 aromatic carbocycles. The van der Waals surface area contributed by atoms with Crippen LogP contribution in [0.4, 0.5) is 0 Å². The highest BCUT2D eigenvalue weighted by atomic mass is 16.5. The van der Waals surface area contributed by atoms with Gasteiger partial charge in [0.25, 0.3) is 0 Å². The molecule has 3 heteroatoms. The van der Waals surface area contributed by atoms with Gasteiger partial charge in [-0.1, -0.05) is 24.3 Å². The molecule has 1 aromatic rings. The van der Waals surface area contributed by atoms with Crippen molar-refractivity contribution in [2.75, 3.05) is 26.2 Å². The van der Waals surface area contributed by atoms with Gasteiger partial charge < -0.3 is 10.5 Å². The topological polar surface area (TPSA) is 38.5 Å². The van der Waals surface area contributed by atoms with Crippen LogP contribution in [0.25, 0.3) is 0 Å². The van der Waals surface area contributed by atoms with Crippen molar-refractivity contribution >= 4 is 0 Å². The molecule has 2 rings (SSSR count). The van der Waals surface area contributed by atoms with Crippen molar-refractivity contribution in [1.82, 2.24) is 4.90 Å². The normalized spacial score (nSPS) is 20.0. The molecule has 1 aliphatic heterocycles. The molecular formula is C15H22N2O. The van der Waals surface area contributed by atoms with Crippen LogP contribution in [0.5, 0.6) is 5.75 Å². The van der Waals surface area contributed by atoms with Crippen LogP contribution in [-0.4, -0.2) is 37.2 Å². The Balaban J connectivity index is 1.79. The van der Waals surface area contributed by atoms with Crippen LogP contribution in [0.3, 0.4) is 0 Å². The van der Waals surface area contributed by atoms with Crippen LogP contribution in [-0.2, 0) is 0 Å². The van der Waals surface area contributed by atoms with Crippen LogP contribution in [0.1, 0.15) is 12.0 Å². The lowest BCUT2D eigenvalue weighted by Crippen LogP contribution is -2.43. The summed E-state index contributed by atoms with van der Waals surface area (Å²) in [5, 5.41) is 0. The summed E-state index contributed by atoms with van der Waals surface area (Å²) in [6.07, 6.45) is 5.53. The minimum atomic E-state index is 0.375. The summed E-state index contributed by atoms with van der Waals surface area (Å²) < 4.78 is 5.78. The molecule has 18 heavy (non-hydrogen) atoms. The van der Waals surface area contributed by atoms with E-state index in [1.54, 1.807) is 0 Å². The third-order valence-corrected chi connectivity index (χ3v) is 3.29. The predicted molar refractivity (Wildman–Crippen MR) is 74.8 cm³/mol. The van der Waals surface area contributed by atoms with Gasteiger partial charge in [0.1, 0.15) is 12.4 Å². The Morgan fingerprint density at radius 2 is 2.33 bits per heavy atom. The van der Waals surface area contributed by atoms with Crippen LogP contribution >= 0.6 is 0 Å². The molecule has 98 valence electrons. The van der Waals surface area contributed by atoms with Gasteiger partial charge in [-0.3, -0.25) is 4.90 Å². The number of aryl methyl sites for hydroxylation is 1. The number of nitrogens with two attached hydrogens (primary N) is 1. The van der Waals surface area contributed by atoms with E-state index in [-0.39, 0.29) is 0 Å². The predicted octanol–water partition coefficient (Wildman–Crippen LogP) is 1.96. The summed E-state index contributed by atoms with van der Waals surface area (Å²) in [5.41, 5.74) is 6.99. The van der Waals surface area contributed by atoms with Gasteiger partial charge in [0, 0.05) is 25.7 Å². The van der Waals surface area contributed by atoms with Gasteiger partial charge in [-0.05, 0) is 31.0 Å². The Hall–Kier alpha value is -1.32. The van der Waals surface area contributed by atoms with E-state index in [0.29, 0.717) is 19.2 Å². The van der Waals surface area contributed by atoms with Gasteiger partial charge in [0.2, 0.25) is 0 Å². The van der Waals surface area contributed by atoms with Gasteiger partial charge in [-0.2, -0.15) is 0 Å². The fourth-order valence-corrected chi connectivity index (χ4v) is 2.27.